The van der Waals surface area contributed by atoms with Crippen LogP contribution in [0.25, 0.3) is 0 Å². The van der Waals surface area contributed by atoms with Crippen LogP contribution in [0, 0.1) is 0 Å². The SMILES string of the molecule is CNC(Cc1cc(Cl)ccc1OC)c1nccn1C. The molecule has 19 heavy (non-hydrogen) atoms. The van der Waals surface area contributed by atoms with Crippen molar-refractivity contribution in [3.63, 3.8) is 0 Å². The second-order valence-electron chi connectivity index (χ2n) is 4.40. The van der Waals surface area contributed by atoms with Gasteiger partial charge in [0, 0.05) is 24.5 Å². The average Bonchev–Trinajstić information content (AvgIpc) is 2.82. The lowest BCUT2D eigenvalue weighted by molar-refractivity contribution is 0.405. The Morgan fingerprint density at radius 3 is 2.84 bits per heavy atom. The molecule has 5 heteroatoms. The first-order valence-corrected chi connectivity index (χ1v) is 6.50. The molecule has 0 amide bonds. The molecule has 0 spiro atoms. The van der Waals surface area contributed by atoms with Gasteiger partial charge < -0.3 is 14.6 Å². The number of nitrogens with zero attached hydrogens (tertiary/aromatic N) is 2. The van der Waals surface area contributed by atoms with Crippen LogP contribution in [0.3, 0.4) is 0 Å². The number of likely N-dealkylation sites (N-methyl/N-ethyl adjacent to an activating group) is 1. The van der Waals surface area contributed by atoms with Crippen LogP contribution in [-0.2, 0) is 13.5 Å². The van der Waals surface area contributed by atoms with Crippen LogP contribution in [0.2, 0.25) is 5.02 Å². The smallest absolute Gasteiger partial charge is 0.125 e. The normalized spacial score (nSPS) is 12.4. The molecule has 1 atom stereocenters. The Balaban J connectivity index is 2.28. The highest BCUT2D eigenvalue weighted by atomic mass is 35.5. The third kappa shape index (κ3) is 3.08. The summed E-state index contributed by atoms with van der Waals surface area (Å²) in [7, 11) is 5.58. The lowest BCUT2D eigenvalue weighted by Crippen LogP contribution is -2.22. The number of rotatable bonds is 5. The Hall–Kier alpha value is -1.52. The van der Waals surface area contributed by atoms with E-state index in [1.165, 1.54) is 0 Å². The summed E-state index contributed by atoms with van der Waals surface area (Å²) in [5.41, 5.74) is 1.07. The molecule has 1 N–H and O–H groups in total. The number of hydrogen-bond donors (Lipinski definition) is 1. The summed E-state index contributed by atoms with van der Waals surface area (Å²) in [5.74, 6) is 1.84. The van der Waals surface area contributed by atoms with E-state index in [1.807, 2.05) is 43.1 Å². The van der Waals surface area contributed by atoms with E-state index < -0.39 is 0 Å². The van der Waals surface area contributed by atoms with E-state index in [1.54, 1.807) is 13.3 Å². The molecule has 1 heterocycles. The van der Waals surface area contributed by atoms with Gasteiger partial charge in [0.2, 0.25) is 0 Å². The van der Waals surface area contributed by atoms with E-state index >= 15 is 0 Å². The van der Waals surface area contributed by atoms with Crippen molar-refractivity contribution in [2.24, 2.45) is 7.05 Å². The first kappa shape index (κ1) is 13.9. The topological polar surface area (TPSA) is 39.1 Å². The largest absolute Gasteiger partial charge is 0.496 e. The zero-order valence-electron chi connectivity index (χ0n) is 11.4. The van der Waals surface area contributed by atoms with Crippen LogP contribution in [0.1, 0.15) is 17.4 Å². The summed E-state index contributed by atoms with van der Waals surface area (Å²) in [6.45, 7) is 0. The Morgan fingerprint density at radius 2 is 2.26 bits per heavy atom. The third-order valence-corrected chi connectivity index (χ3v) is 3.42. The van der Waals surface area contributed by atoms with Crippen molar-refractivity contribution in [2.45, 2.75) is 12.5 Å². The van der Waals surface area contributed by atoms with Crippen molar-refractivity contribution >= 4 is 11.6 Å². The number of nitrogens with one attached hydrogen (secondary N) is 1. The maximum Gasteiger partial charge on any atom is 0.125 e. The fraction of sp³-hybridized carbons (Fsp3) is 0.357. The second-order valence-corrected chi connectivity index (χ2v) is 4.83. The van der Waals surface area contributed by atoms with Gasteiger partial charge in [0.05, 0.1) is 13.2 Å². The molecule has 0 saturated heterocycles. The van der Waals surface area contributed by atoms with Crippen molar-refractivity contribution in [1.29, 1.82) is 0 Å². The standard InChI is InChI=1S/C14H18ClN3O/c1-16-12(14-17-6-7-18(14)2)9-10-8-11(15)4-5-13(10)19-3/h4-8,12,16H,9H2,1-3H3. The number of imidazole rings is 1. The molecule has 102 valence electrons. The molecule has 1 aromatic carbocycles. The highest BCUT2D eigenvalue weighted by Gasteiger charge is 2.17. The van der Waals surface area contributed by atoms with Crippen molar-refractivity contribution in [3.8, 4) is 5.75 Å². The van der Waals surface area contributed by atoms with Gasteiger partial charge in [0.25, 0.3) is 0 Å². The van der Waals surface area contributed by atoms with E-state index in [9.17, 15) is 0 Å². The summed E-state index contributed by atoms with van der Waals surface area (Å²) in [5, 5.41) is 4.00. The Bertz CT molecular complexity index is 553. The molecule has 0 aliphatic heterocycles. The van der Waals surface area contributed by atoms with Gasteiger partial charge in [-0.2, -0.15) is 0 Å². The van der Waals surface area contributed by atoms with Crippen LogP contribution in [0.5, 0.6) is 5.75 Å². The van der Waals surface area contributed by atoms with Crippen molar-refractivity contribution in [2.75, 3.05) is 14.2 Å². The number of hydrogen-bond acceptors (Lipinski definition) is 3. The highest BCUT2D eigenvalue weighted by molar-refractivity contribution is 6.30. The first-order chi connectivity index (χ1) is 9.15. The minimum Gasteiger partial charge on any atom is -0.496 e. The van der Waals surface area contributed by atoms with Crippen LogP contribution >= 0.6 is 11.6 Å². The van der Waals surface area contributed by atoms with Crippen LogP contribution in [0.4, 0.5) is 0 Å². The molecule has 0 aliphatic rings. The van der Waals surface area contributed by atoms with Crippen molar-refractivity contribution < 1.29 is 4.74 Å². The molecule has 0 aliphatic carbocycles. The minimum atomic E-state index is 0.118. The predicted molar refractivity (Wildman–Crippen MR) is 76.7 cm³/mol. The molecule has 4 nitrogen and oxygen atoms in total. The molecule has 0 bridgehead atoms. The molecule has 0 saturated carbocycles. The monoisotopic (exact) mass is 279 g/mol. The quantitative estimate of drug-likeness (QED) is 0.914. The maximum atomic E-state index is 6.06. The average molecular weight is 280 g/mol. The molecule has 0 fully saturated rings. The summed E-state index contributed by atoms with van der Waals surface area (Å²) >= 11 is 6.06. The summed E-state index contributed by atoms with van der Waals surface area (Å²) in [6, 6.07) is 5.78. The van der Waals surface area contributed by atoms with Gasteiger partial charge in [0.15, 0.2) is 0 Å². The molecule has 2 rings (SSSR count). The van der Waals surface area contributed by atoms with Crippen LogP contribution < -0.4 is 10.1 Å². The summed E-state index contributed by atoms with van der Waals surface area (Å²) < 4.78 is 7.39. The van der Waals surface area contributed by atoms with Gasteiger partial charge in [-0.05, 0) is 37.2 Å². The van der Waals surface area contributed by atoms with Crippen molar-refractivity contribution in [1.82, 2.24) is 14.9 Å². The van der Waals surface area contributed by atoms with Crippen LogP contribution in [0.15, 0.2) is 30.6 Å². The fourth-order valence-electron chi connectivity index (χ4n) is 2.16. The van der Waals surface area contributed by atoms with E-state index in [0.717, 1.165) is 23.6 Å². The van der Waals surface area contributed by atoms with Gasteiger partial charge in [-0.15, -0.1) is 0 Å². The van der Waals surface area contributed by atoms with Crippen molar-refractivity contribution in [3.05, 3.63) is 47.0 Å². The number of ether oxygens (including phenoxy) is 1. The lowest BCUT2D eigenvalue weighted by atomic mass is 10.0. The number of methoxy groups -OCH3 is 1. The van der Waals surface area contributed by atoms with Gasteiger partial charge in [-0.1, -0.05) is 11.6 Å². The summed E-state index contributed by atoms with van der Waals surface area (Å²) in [6.07, 6.45) is 4.51. The molecule has 2 aromatic rings. The van der Waals surface area contributed by atoms with E-state index in [-0.39, 0.29) is 6.04 Å². The number of aromatic nitrogens is 2. The first-order valence-electron chi connectivity index (χ1n) is 6.12. The zero-order valence-corrected chi connectivity index (χ0v) is 12.1. The van der Waals surface area contributed by atoms with Gasteiger partial charge in [-0.3, -0.25) is 0 Å². The second kappa shape index (κ2) is 6.08. The number of aryl methyl sites for hydroxylation is 1. The van der Waals surface area contributed by atoms with Gasteiger partial charge in [-0.25, -0.2) is 4.98 Å². The zero-order chi connectivity index (χ0) is 13.8. The molecular weight excluding hydrogens is 262 g/mol. The molecular formula is C14H18ClN3O. The Labute approximate surface area is 118 Å². The van der Waals surface area contributed by atoms with E-state index in [0.29, 0.717) is 5.02 Å². The van der Waals surface area contributed by atoms with Gasteiger partial charge >= 0.3 is 0 Å². The predicted octanol–water partition coefficient (Wildman–Crippen LogP) is 2.59. The van der Waals surface area contributed by atoms with E-state index in [2.05, 4.69) is 10.3 Å². The minimum absolute atomic E-state index is 0.118. The number of benzene rings is 1. The fourth-order valence-corrected chi connectivity index (χ4v) is 2.36. The third-order valence-electron chi connectivity index (χ3n) is 3.19. The lowest BCUT2D eigenvalue weighted by Gasteiger charge is -2.18. The number of halogens is 1. The maximum absolute atomic E-state index is 6.06. The Morgan fingerprint density at radius 1 is 1.47 bits per heavy atom. The van der Waals surface area contributed by atoms with Crippen LogP contribution in [-0.4, -0.2) is 23.7 Å². The summed E-state index contributed by atoms with van der Waals surface area (Å²) in [4.78, 5) is 4.39. The molecule has 1 unspecified atom stereocenters. The molecule has 1 aromatic heterocycles. The van der Waals surface area contributed by atoms with E-state index in [4.69, 9.17) is 16.3 Å². The molecule has 0 radical (unpaired) electrons. The highest BCUT2D eigenvalue weighted by Crippen LogP contribution is 2.27. The van der Waals surface area contributed by atoms with Gasteiger partial charge in [0.1, 0.15) is 11.6 Å². The Kier molecular flexibility index (Phi) is 4.45.